The predicted molar refractivity (Wildman–Crippen MR) is 82.3 cm³/mol. The van der Waals surface area contributed by atoms with Gasteiger partial charge in [-0.15, -0.1) is 0 Å². The van der Waals surface area contributed by atoms with E-state index in [2.05, 4.69) is 71.6 Å². The van der Waals surface area contributed by atoms with Gasteiger partial charge in [0.2, 0.25) is 0 Å². The summed E-state index contributed by atoms with van der Waals surface area (Å²) in [6.07, 6.45) is 0. The van der Waals surface area contributed by atoms with E-state index in [4.69, 9.17) is 0 Å². The maximum Gasteiger partial charge on any atom is 0.0523 e. The summed E-state index contributed by atoms with van der Waals surface area (Å²) in [6, 6.07) is 11.0. The molecular formula is C16H16BrN. The van der Waals surface area contributed by atoms with Crippen LogP contribution in [-0.4, -0.2) is 4.57 Å². The third-order valence-electron chi connectivity index (χ3n) is 3.69. The van der Waals surface area contributed by atoms with Gasteiger partial charge in [0.25, 0.3) is 0 Å². The van der Waals surface area contributed by atoms with Gasteiger partial charge in [-0.3, -0.25) is 0 Å². The Hall–Kier alpha value is -1.28. The van der Waals surface area contributed by atoms with Gasteiger partial charge in [-0.1, -0.05) is 28.1 Å². The lowest BCUT2D eigenvalue weighted by molar-refractivity contribution is 0.824. The second-order valence-corrected chi connectivity index (χ2v) is 5.74. The van der Waals surface area contributed by atoms with E-state index < -0.39 is 0 Å². The molecule has 2 heteroatoms. The Labute approximate surface area is 116 Å². The molecule has 0 unspecified atom stereocenters. The van der Waals surface area contributed by atoms with E-state index in [1.165, 1.54) is 32.9 Å². The smallest absolute Gasteiger partial charge is 0.0523 e. The van der Waals surface area contributed by atoms with Crippen LogP contribution in [0, 0.1) is 13.8 Å². The largest absolute Gasteiger partial charge is 0.341 e. The number of fused-ring (bicyclic) bond motifs is 3. The fourth-order valence-corrected chi connectivity index (χ4v) is 3.24. The van der Waals surface area contributed by atoms with Gasteiger partial charge >= 0.3 is 0 Å². The van der Waals surface area contributed by atoms with E-state index in [1.807, 2.05) is 0 Å². The maximum absolute atomic E-state index is 3.58. The average molecular weight is 302 g/mol. The van der Waals surface area contributed by atoms with Crippen molar-refractivity contribution in [1.29, 1.82) is 0 Å². The topological polar surface area (TPSA) is 4.93 Å². The Balaban J connectivity index is 2.66. The number of aromatic nitrogens is 1. The highest BCUT2D eigenvalue weighted by Gasteiger charge is 2.13. The Morgan fingerprint density at radius 3 is 2.50 bits per heavy atom. The lowest BCUT2D eigenvalue weighted by Gasteiger charge is -2.06. The van der Waals surface area contributed by atoms with Crippen LogP contribution in [0.5, 0.6) is 0 Å². The van der Waals surface area contributed by atoms with Gasteiger partial charge < -0.3 is 4.57 Å². The molecule has 0 aliphatic rings. The number of halogens is 1. The first-order chi connectivity index (χ1) is 8.63. The van der Waals surface area contributed by atoms with Crippen molar-refractivity contribution in [2.45, 2.75) is 27.3 Å². The zero-order chi connectivity index (χ0) is 12.9. The highest BCUT2D eigenvalue weighted by atomic mass is 79.9. The van der Waals surface area contributed by atoms with Gasteiger partial charge in [0.15, 0.2) is 0 Å². The van der Waals surface area contributed by atoms with Gasteiger partial charge in [0.1, 0.15) is 0 Å². The molecule has 0 radical (unpaired) electrons. The van der Waals surface area contributed by atoms with Crippen molar-refractivity contribution >= 4 is 37.7 Å². The maximum atomic E-state index is 3.58. The third kappa shape index (κ3) is 1.52. The molecule has 0 aliphatic carbocycles. The number of hydrogen-bond donors (Lipinski definition) is 0. The summed E-state index contributed by atoms with van der Waals surface area (Å²) < 4.78 is 3.56. The fraction of sp³-hybridized carbons (Fsp3) is 0.250. The molecule has 92 valence electrons. The third-order valence-corrected chi connectivity index (χ3v) is 4.19. The van der Waals surface area contributed by atoms with Crippen molar-refractivity contribution in [3.05, 3.63) is 45.9 Å². The van der Waals surface area contributed by atoms with E-state index in [9.17, 15) is 0 Å². The molecule has 0 saturated carbocycles. The Bertz CT molecular complexity index is 753. The van der Waals surface area contributed by atoms with Crippen molar-refractivity contribution in [2.24, 2.45) is 0 Å². The summed E-state index contributed by atoms with van der Waals surface area (Å²) in [5, 5.41) is 2.75. The second kappa shape index (κ2) is 4.13. The SMILES string of the molecule is CCn1c2ccc(Br)cc2c2c(C)ccc(C)c21. The molecule has 2 aromatic carbocycles. The molecule has 18 heavy (non-hydrogen) atoms. The van der Waals surface area contributed by atoms with E-state index in [0.29, 0.717) is 0 Å². The molecule has 0 amide bonds. The minimum atomic E-state index is 1.01. The molecule has 0 bridgehead atoms. The monoisotopic (exact) mass is 301 g/mol. The van der Waals surface area contributed by atoms with Gasteiger partial charge in [-0.05, 0) is 50.1 Å². The highest BCUT2D eigenvalue weighted by molar-refractivity contribution is 9.10. The van der Waals surface area contributed by atoms with Crippen molar-refractivity contribution in [3.63, 3.8) is 0 Å². The van der Waals surface area contributed by atoms with Crippen LogP contribution in [0.4, 0.5) is 0 Å². The van der Waals surface area contributed by atoms with Crippen LogP contribution in [0.25, 0.3) is 21.8 Å². The Morgan fingerprint density at radius 1 is 1.06 bits per heavy atom. The average Bonchev–Trinajstić information content (AvgIpc) is 2.68. The Kier molecular flexibility index (Phi) is 2.70. The van der Waals surface area contributed by atoms with Crippen molar-refractivity contribution in [3.8, 4) is 0 Å². The summed E-state index contributed by atoms with van der Waals surface area (Å²) in [5.41, 5.74) is 5.41. The van der Waals surface area contributed by atoms with Gasteiger partial charge in [0.05, 0.1) is 5.52 Å². The zero-order valence-electron chi connectivity index (χ0n) is 10.9. The summed E-state index contributed by atoms with van der Waals surface area (Å²) in [6.45, 7) is 7.61. The number of nitrogens with zero attached hydrogens (tertiary/aromatic N) is 1. The first kappa shape index (κ1) is 11.8. The molecule has 0 fully saturated rings. The molecule has 0 spiro atoms. The van der Waals surface area contributed by atoms with Crippen LogP contribution >= 0.6 is 15.9 Å². The molecule has 3 aromatic rings. The van der Waals surface area contributed by atoms with Crippen LogP contribution in [0.2, 0.25) is 0 Å². The molecule has 0 aliphatic heterocycles. The van der Waals surface area contributed by atoms with Gasteiger partial charge in [-0.25, -0.2) is 0 Å². The lowest BCUT2D eigenvalue weighted by Crippen LogP contribution is -1.94. The van der Waals surface area contributed by atoms with Crippen molar-refractivity contribution in [2.75, 3.05) is 0 Å². The van der Waals surface area contributed by atoms with Crippen LogP contribution in [-0.2, 0) is 6.54 Å². The number of hydrogen-bond acceptors (Lipinski definition) is 0. The lowest BCUT2D eigenvalue weighted by atomic mass is 10.0. The number of rotatable bonds is 1. The minimum Gasteiger partial charge on any atom is -0.341 e. The van der Waals surface area contributed by atoms with Crippen molar-refractivity contribution < 1.29 is 0 Å². The summed E-state index contributed by atoms with van der Waals surface area (Å²) in [7, 11) is 0. The molecule has 1 nitrogen and oxygen atoms in total. The highest BCUT2D eigenvalue weighted by Crippen LogP contribution is 2.34. The van der Waals surface area contributed by atoms with Crippen LogP contribution in [0.1, 0.15) is 18.1 Å². The molecular weight excluding hydrogens is 286 g/mol. The first-order valence-corrected chi connectivity index (χ1v) is 7.10. The first-order valence-electron chi connectivity index (χ1n) is 6.31. The van der Waals surface area contributed by atoms with E-state index in [0.717, 1.165) is 11.0 Å². The fourth-order valence-electron chi connectivity index (χ4n) is 2.88. The van der Waals surface area contributed by atoms with E-state index in [1.54, 1.807) is 0 Å². The minimum absolute atomic E-state index is 1.01. The van der Waals surface area contributed by atoms with Crippen LogP contribution < -0.4 is 0 Å². The standard InChI is InChI=1S/C16H16BrN/c1-4-18-14-8-7-12(17)9-13(14)15-10(2)5-6-11(3)16(15)18/h5-9H,4H2,1-3H3. The van der Waals surface area contributed by atoms with Crippen molar-refractivity contribution in [1.82, 2.24) is 4.57 Å². The van der Waals surface area contributed by atoms with Crippen LogP contribution in [0.3, 0.4) is 0 Å². The molecule has 1 aromatic heterocycles. The predicted octanol–water partition coefficient (Wildman–Crippen LogP) is 5.19. The van der Waals surface area contributed by atoms with E-state index >= 15 is 0 Å². The molecule has 0 atom stereocenters. The number of aryl methyl sites for hydroxylation is 3. The van der Waals surface area contributed by atoms with E-state index in [-0.39, 0.29) is 0 Å². The number of benzene rings is 2. The summed E-state index contributed by atoms with van der Waals surface area (Å²) >= 11 is 3.58. The van der Waals surface area contributed by atoms with Gasteiger partial charge in [-0.2, -0.15) is 0 Å². The summed E-state index contributed by atoms with van der Waals surface area (Å²) in [4.78, 5) is 0. The molecule has 1 heterocycles. The molecule has 0 N–H and O–H groups in total. The van der Waals surface area contributed by atoms with Gasteiger partial charge in [0, 0.05) is 27.3 Å². The summed E-state index contributed by atoms with van der Waals surface area (Å²) in [5.74, 6) is 0. The Morgan fingerprint density at radius 2 is 1.78 bits per heavy atom. The molecule has 0 saturated heterocycles. The van der Waals surface area contributed by atoms with Crippen LogP contribution in [0.15, 0.2) is 34.8 Å². The zero-order valence-corrected chi connectivity index (χ0v) is 12.5. The quantitative estimate of drug-likeness (QED) is 0.582. The molecule has 3 rings (SSSR count). The second-order valence-electron chi connectivity index (χ2n) is 4.83. The normalized spacial score (nSPS) is 11.6.